The van der Waals surface area contributed by atoms with Gasteiger partial charge in [0.15, 0.2) is 0 Å². The monoisotopic (exact) mass is 344 g/mol. The van der Waals surface area contributed by atoms with Crippen LogP contribution >= 0.6 is 0 Å². The fraction of sp³-hybridized carbons (Fsp3) is 0.389. The number of aryl methyl sites for hydroxylation is 2. The Hall–Kier alpha value is -2.70. The highest BCUT2D eigenvalue weighted by atomic mass is 19.1. The smallest absolute Gasteiger partial charge is 0.227 e. The van der Waals surface area contributed by atoms with Crippen LogP contribution in [-0.4, -0.2) is 34.7 Å². The second-order valence-electron chi connectivity index (χ2n) is 6.27. The molecular formula is C18H21FN4O2. The lowest BCUT2D eigenvalue weighted by atomic mass is 10.1. The summed E-state index contributed by atoms with van der Waals surface area (Å²) >= 11 is 0. The number of carbonyl (C=O) groups is 2. The van der Waals surface area contributed by atoms with Crippen molar-refractivity contribution >= 4 is 17.5 Å². The summed E-state index contributed by atoms with van der Waals surface area (Å²) < 4.78 is 15.9. The van der Waals surface area contributed by atoms with E-state index in [1.54, 1.807) is 29.9 Å². The zero-order chi connectivity index (χ0) is 17.8. The first-order valence-corrected chi connectivity index (χ1v) is 8.36. The molecule has 1 aromatic carbocycles. The summed E-state index contributed by atoms with van der Waals surface area (Å²) in [6.45, 7) is 3.24. The summed E-state index contributed by atoms with van der Waals surface area (Å²) in [4.78, 5) is 25.8. The molecule has 2 amide bonds. The van der Waals surface area contributed by atoms with Crippen LogP contribution in [0.25, 0.3) is 0 Å². The van der Waals surface area contributed by atoms with E-state index in [0.29, 0.717) is 6.54 Å². The van der Waals surface area contributed by atoms with E-state index in [0.717, 1.165) is 18.5 Å². The van der Waals surface area contributed by atoms with E-state index in [1.165, 1.54) is 11.0 Å². The zero-order valence-electron chi connectivity index (χ0n) is 14.1. The van der Waals surface area contributed by atoms with Crippen LogP contribution in [0.3, 0.4) is 0 Å². The van der Waals surface area contributed by atoms with Gasteiger partial charge < -0.3 is 10.2 Å². The Labute approximate surface area is 145 Å². The normalized spacial score (nSPS) is 17.1. The average molecular weight is 344 g/mol. The van der Waals surface area contributed by atoms with Gasteiger partial charge in [-0.1, -0.05) is 6.07 Å². The molecule has 25 heavy (non-hydrogen) atoms. The van der Waals surface area contributed by atoms with Crippen LogP contribution in [0.4, 0.5) is 10.1 Å². The lowest BCUT2D eigenvalue weighted by molar-refractivity contribution is -0.126. The third-order valence-electron chi connectivity index (χ3n) is 4.31. The van der Waals surface area contributed by atoms with E-state index in [1.807, 2.05) is 12.3 Å². The van der Waals surface area contributed by atoms with Gasteiger partial charge >= 0.3 is 0 Å². The van der Waals surface area contributed by atoms with Crippen molar-refractivity contribution in [1.29, 1.82) is 0 Å². The Morgan fingerprint density at radius 3 is 3.00 bits per heavy atom. The van der Waals surface area contributed by atoms with E-state index < -0.39 is 11.7 Å². The first kappa shape index (κ1) is 17.1. The third-order valence-corrected chi connectivity index (χ3v) is 4.31. The number of rotatable bonds is 6. The van der Waals surface area contributed by atoms with E-state index in [9.17, 15) is 14.0 Å². The minimum Gasteiger partial charge on any atom is -0.356 e. The molecule has 0 saturated carbocycles. The standard InChI is InChI=1S/C18H21FN4O2/c1-13-4-5-16(15(19)10-13)23-12-14(11-17(23)24)18(25)20-6-2-8-22-9-3-7-21-22/h3-5,7,9-10,14H,2,6,8,11-12H2,1H3,(H,20,25)/t14-/m1/s1. The molecule has 2 aromatic rings. The molecule has 0 aliphatic carbocycles. The van der Waals surface area contributed by atoms with Crippen LogP contribution in [-0.2, 0) is 16.1 Å². The van der Waals surface area contributed by atoms with Crippen molar-refractivity contribution in [2.45, 2.75) is 26.3 Å². The molecule has 0 spiro atoms. The summed E-state index contributed by atoms with van der Waals surface area (Å²) in [6, 6.07) is 6.59. The molecule has 132 valence electrons. The molecule has 1 saturated heterocycles. The predicted octanol–water partition coefficient (Wildman–Crippen LogP) is 1.89. The molecule has 1 aromatic heterocycles. The van der Waals surface area contributed by atoms with Gasteiger partial charge in [-0.2, -0.15) is 5.10 Å². The summed E-state index contributed by atoms with van der Waals surface area (Å²) in [6.07, 6.45) is 4.44. The fourth-order valence-corrected chi connectivity index (χ4v) is 2.98. The number of nitrogens with one attached hydrogen (secondary N) is 1. The highest BCUT2D eigenvalue weighted by Crippen LogP contribution is 2.28. The maximum atomic E-state index is 14.1. The van der Waals surface area contributed by atoms with Crippen molar-refractivity contribution in [2.75, 3.05) is 18.0 Å². The second kappa shape index (κ2) is 7.46. The molecule has 0 radical (unpaired) electrons. The number of hydrogen-bond acceptors (Lipinski definition) is 3. The van der Waals surface area contributed by atoms with Crippen LogP contribution in [0, 0.1) is 18.7 Å². The topological polar surface area (TPSA) is 67.2 Å². The van der Waals surface area contributed by atoms with Gasteiger partial charge in [0.25, 0.3) is 0 Å². The number of amides is 2. The Morgan fingerprint density at radius 1 is 1.44 bits per heavy atom. The van der Waals surface area contributed by atoms with Crippen molar-refractivity contribution in [3.63, 3.8) is 0 Å². The van der Waals surface area contributed by atoms with E-state index >= 15 is 0 Å². The molecule has 1 N–H and O–H groups in total. The lowest BCUT2D eigenvalue weighted by Crippen LogP contribution is -2.34. The third kappa shape index (κ3) is 4.04. The quantitative estimate of drug-likeness (QED) is 0.814. The van der Waals surface area contributed by atoms with E-state index in [2.05, 4.69) is 10.4 Å². The first-order chi connectivity index (χ1) is 12.0. The van der Waals surface area contributed by atoms with Crippen LogP contribution in [0.15, 0.2) is 36.7 Å². The van der Waals surface area contributed by atoms with Crippen LogP contribution in [0.1, 0.15) is 18.4 Å². The summed E-state index contributed by atoms with van der Waals surface area (Å²) in [5, 5.41) is 6.95. The van der Waals surface area contributed by atoms with E-state index in [-0.39, 0.29) is 30.5 Å². The van der Waals surface area contributed by atoms with Crippen molar-refractivity contribution < 1.29 is 14.0 Å². The molecule has 1 aliphatic rings. The number of aromatic nitrogens is 2. The highest BCUT2D eigenvalue weighted by Gasteiger charge is 2.35. The van der Waals surface area contributed by atoms with Gasteiger partial charge in [-0.15, -0.1) is 0 Å². The van der Waals surface area contributed by atoms with Gasteiger partial charge in [0.05, 0.1) is 11.6 Å². The second-order valence-corrected chi connectivity index (χ2v) is 6.27. The molecule has 0 unspecified atom stereocenters. The van der Waals surface area contributed by atoms with Gasteiger partial charge in [-0.05, 0) is 37.1 Å². The molecule has 6 nitrogen and oxygen atoms in total. The number of anilines is 1. The number of hydrogen-bond donors (Lipinski definition) is 1. The Kier molecular flexibility index (Phi) is 5.11. The van der Waals surface area contributed by atoms with Crippen LogP contribution in [0.5, 0.6) is 0 Å². The fourth-order valence-electron chi connectivity index (χ4n) is 2.98. The van der Waals surface area contributed by atoms with Gasteiger partial charge in [-0.3, -0.25) is 14.3 Å². The first-order valence-electron chi connectivity index (χ1n) is 8.36. The van der Waals surface area contributed by atoms with Crippen LogP contribution in [0.2, 0.25) is 0 Å². The van der Waals surface area contributed by atoms with Gasteiger partial charge in [0.2, 0.25) is 11.8 Å². The number of benzene rings is 1. The molecule has 1 aliphatic heterocycles. The van der Waals surface area contributed by atoms with Gasteiger partial charge in [0, 0.05) is 38.4 Å². The SMILES string of the molecule is Cc1ccc(N2C[C@H](C(=O)NCCCn3cccn3)CC2=O)c(F)c1. The summed E-state index contributed by atoms with van der Waals surface area (Å²) in [5.41, 5.74) is 1.03. The van der Waals surface area contributed by atoms with Crippen molar-refractivity contribution in [2.24, 2.45) is 5.92 Å². The minimum atomic E-state index is -0.446. The van der Waals surface area contributed by atoms with E-state index in [4.69, 9.17) is 0 Å². The Bertz CT molecular complexity index is 760. The summed E-state index contributed by atoms with van der Waals surface area (Å²) in [7, 11) is 0. The largest absolute Gasteiger partial charge is 0.356 e. The van der Waals surface area contributed by atoms with Gasteiger partial charge in [-0.25, -0.2) is 4.39 Å². The van der Waals surface area contributed by atoms with Crippen LogP contribution < -0.4 is 10.2 Å². The minimum absolute atomic E-state index is 0.109. The number of nitrogens with zero attached hydrogens (tertiary/aromatic N) is 3. The molecule has 1 fully saturated rings. The number of carbonyl (C=O) groups excluding carboxylic acids is 2. The molecule has 7 heteroatoms. The van der Waals surface area contributed by atoms with Crippen molar-refractivity contribution in [1.82, 2.24) is 15.1 Å². The maximum absolute atomic E-state index is 14.1. The molecule has 1 atom stereocenters. The Morgan fingerprint density at radius 2 is 2.28 bits per heavy atom. The molecular weight excluding hydrogens is 323 g/mol. The van der Waals surface area contributed by atoms with Crippen molar-refractivity contribution in [3.05, 3.63) is 48.0 Å². The average Bonchev–Trinajstić information content (AvgIpc) is 3.21. The number of halogens is 1. The molecule has 2 heterocycles. The predicted molar refractivity (Wildman–Crippen MR) is 91.5 cm³/mol. The van der Waals surface area contributed by atoms with Gasteiger partial charge in [0.1, 0.15) is 5.82 Å². The lowest BCUT2D eigenvalue weighted by Gasteiger charge is -2.17. The highest BCUT2D eigenvalue weighted by molar-refractivity contribution is 6.00. The maximum Gasteiger partial charge on any atom is 0.227 e. The Balaban J connectivity index is 1.52. The molecule has 3 rings (SSSR count). The van der Waals surface area contributed by atoms with Crippen molar-refractivity contribution in [3.8, 4) is 0 Å². The molecule has 0 bridgehead atoms. The summed E-state index contributed by atoms with van der Waals surface area (Å²) in [5.74, 6) is -1.27. The zero-order valence-corrected chi connectivity index (χ0v) is 14.1.